The van der Waals surface area contributed by atoms with E-state index in [0.717, 1.165) is 5.52 Å². The molecule has 0 fully saturated rings. The van der Waals surface area contributed by atoms with Gasteiger partial charge in [-0.1, -0.05) is 12.1 Å². The Bertz CT molecular complexity index is 1240. The number of hydrogen-bond acceptors (Lipinski definition) is 6. The molecule has 5 rings (SSSR count). The Morgan fingerprint density at radius 3 is 2.75 bits per heavy atom. The zero-order valence-electron chi connectivity index (χ0n) is 15.3. The van der Waals surface area contributed by atoms with Crippen LogP contribution in [0.25, 0.3) is 16.7 Å². The molecule has 1 aliphatic rings. The molecule has 28 heavy (non-hydrogen) atoms. The zero-order chi connectivity index (χ0) is 19.1. The summed E-state index contributed by atoms with van der Waals surface area (Å²) in [6, 6.07) is 12.9. The first-order valence-corrected chi connectivity index (χ1v) is 9.14. The van der Waals surface area contributed by atoms with Crippen molar-refractivity contribution in [1.29, 1.82) is 0 Å². The van der Waals surface area contributed by atoms with Crippen LogP contribution in [0.1, 0.15) is 12.7 Å². The number of nitrogens with zero attached hydrogens (tertiary/aromatic N) is 4. The smallest absolute Gasteiger partial charge is 0.262 e. The van der Waals surface area contributed by atoms with Gasteiger partial charge in [-0.25, -0.2) is 0 Å². The minimum absolute atomic E-state index is 0.0719. The monoisotopic (exact) mass is 378 g/mol. The third-order valence-electron chi connectivity index (χ3n) is 4.77. The van der Waals surface area contributed by atoms with Crippen LogP contribution >= 0.6 is 0 Å². The summed E-state index contributed by atoms with van der Waals surface area (Å²) in [6.45, 7) is 3.69. The first kappa shape index (κ1) is 16.6. The second kappa shape index (κ2) is 6.56. The standard InChI is InChI=1S/C20H18N4O4/c1-2-23-19(25)14-5-3-4-6-15(14)24-18(21-22-20(23)24)12-28-13-7-8-16-17(11-13)27-10-9-26-16/h3-8,11H,2,9-10,12H2,1H3. The molecule has 1 aliphatic heterocycles. The summed E-state index contributed by atoms with van der Waals surface area (Å²) in [7, 11) is 0. The van der Waals surface area contributed by atoms with Crippen LogP contribution in [0.5, 0.6) is 17.2 Å². The summed E-state index contributed by atoms with van der Waals surface area (Å²) in [6.07, 6.45) is 0. The summed E-state index contributed by atoms with van der Waals surface area (Å²) >= 11 is 0. The van der Waals surface area contributed by atoms with Crippen molar-refractivity contribution in [3.8, 4) is 17.2 Å². The first-order chi connectivity index (χ1) is 13.8. The first-order valence-electron chi connectivity index (χ1n) is 9.14. The number of hydrogen-bond donors (Lipinski definition) is 0. The number of fused-ring (bicyclic) bond motifs is 4. The Kier molecular flexibility index (Phi) is 3.89. The van der Waals surface area contributed by atoms with Crippen LogP contribution < -0.4 is 19.8 Å². The average Bonchev–Trinajstić information content (AvgIpc) is 3.16. The van der Waals surface area contributed by atoms with E-state index in [0.29, 0.717) is 54.0 Å². The van der Waals surface area contributed by atoms with Gasteiger partial charge in [-0.05, 0) is 31.2 Å². The molecule has 2 aromatic heterocycles. The molecule has 8 nitrogen and oxygen atoms in total. The van der Waals surface area contributed by atoms with Gasteiger partial charge in [0.25, 0.3) is 5.56 Å². The Morgan fingerprint density at radius 2 is 1.89 bits per heavy atom. The summed E-state index contributed by atoms with van der Waals surface area (Å²) in [5, 5.41) is 9.13. The highest BCUT2D eigenvalue weighted by molar-refractivity contribution is 5.80. The van der Waals surface area contributed by atoms with E-state index >= 15 is 0 Å². The lowest BCUT2D eigenvalue weighted by molar-refractivity contribution is 0.170. The van der Waals surface area contributed by atoms with E-state index in [1.807, 2.05) is 47.7 Å². The van der Waals surface area contributed by atoms with Crippen LogP contribution in [0.2, 0.25) is 0 Å². The van der Waals surface area contributed by atoms with Gasteiger partial charge in [0.2, 0.25) is 5.78 Å². The quantitative estimate of drug-likeness (QED) is 0.543. The minimum atomic E-state index is -0.0719. The summed E-state index contributed by atoms with van der Waals surface area (Å²) < 4.78 is 20.5. The second-order valence-electron chi connectivity index (χ2n) is 6.41. The molecule has 0 unspecified atom stereocenters. The Morgan fingerprint density at radius 1 is 1.07 bits per heavy atom. The van der Waals surface area contributed by atoms with E-state index in [1.54, 1.807) is 10.6 Å². The van der Waals surface area contributed by atoms with Crippen molar-refractivity contribution >= 4 is 16.7 Å². The molecule has 0 saturated carbocycles. The second-order valence-corrected chi connectivity index (χ2v) is 6.41. The third-order valence-corrected chi connectivity index (χ3v) is 4.77. The number of ether oxygens (including phenoxy) is 3. The van der Waals surface area contributed by atoms with Crippen molar-refractivity contribution in [2.24, 2.45) is 0 Å². The van der Waals surface area contributed by atoms with Crippen LogP contribution in [0.3, 0.4) is 0 Å². The highest BCUT2D eigenvalue weighted by Crippen LogP contribution is 2.33. The normalized spacial score (nSPS) is 13.2. The Hall–Kier alpha value is -3.55. The highest BCUT2D eigenvalue weighted by Gasteiger charge is 2.17. The molecule has 3 heterocycles. The number of rotatable bonds is 4. The SMILES string of the molecule is CCn1c(=O)c2ccccc2n2c(COc3ccc4c(c3)OCCO4)nnc12. The van der Waals surface area contributed by atoms with Crippen LogP contribution in [0.15, 0.2) is 47.3 Å². The maximum absolute atomic E-state index is 12.7. The molecular formula is C20H18N4O4. The van der Waals surface area contributed by atoms with E-state index in [1.165, 1.54) is 0 Å². The molecule has 8 heteroatoms. The molecule has 2 aromatic carbocycles. The highest BCUT2D eigenvalue weighted by atomic mass is 16.6. The fourth-order valence-electron chi connectivity index (χ4n) is 3.45. The largest absolute Gasteiger partial charge is 0.486 e. The number of benzene rings is 2. The molecule has 0 spiro atoms. The van der Waals surface area contributed by atoms with Crippen LogP contribution in [0, 0.1) is 0 Å². The predicted molar refractivity (Wildman–Crippen MR) is 102 cm³/mol. The van der Waals surface area contributed by atoms with Gasteiger partial charge in [-0.15, -0.1) is 10.2 Å². The maximum Gasteiger partial charge on any atom is 0.262 e. The number of para-hydroxylation sites is 1. The van der Waals surface area contributed by atoms with E-state index < -0.39 is 0 Å². The summed E-state index contributed by atoms with van der Waals surface area (Å²) in [4.78, 5) is 12.7. The summed E-state index contributed by atoms with van der Waals surface area (Å²) in [5.41, 5.74) is 0.690. The molecule has 0 amide bonds. The van der Waals surface area contributed by atoms with E-state index in [9.17, 15) is 4.79 Å². The molecule has 0 atom stereocenters. The Balaban J connectivity index is 1.55. The van der Waals surface area contributed by atoms with Crippen molar-refractivity contribution in [3.05, 3.63) is 58.6 Å². The van der Waals surface area contributed by atoms with Crippen LogP contribution in [-0.2, 0) is 13.2 Å². The fraction of sp³-hybridized carbons (Fsp3) is 0.250. The van der Waals surface area contributed by atoms with Crippen molar-refractivity contribution in [3.63, 3.8) is 0 Å². The van der Waals surface area contributed by atoms with E-state index in [4.69, 9.17) is 14.2 Å². The lowest BCUT2D eigenvalue weighted by atomic mass is 10.2. The van der Waals surface area contributed by atoms with Gasteiger partial charge in [0.1, 0.15) is 25.6 Å². The topological polar surface area (TPSA) is 79.9 Å². The van der Waals surface area contributed by atoms with Crippen molar-refractivity contribution in [2.45, 2.75) is 20.1 Å². The maximum atomic E-state index is 12.7. The van der Waals surface area contributed by atoms with Gasteiger partial charge < -0.3 is 14.2 Å². The van der Waals surface area contributed by atoms with Crippen molar-refractivity contribution in [2.75, 3.05) is 13.2 Å². The van der Waals surface area contributed by atoms with Gasteiger partial charge in [-0.2, -0.15) is 0 Å². The Labute approximate surface area is 159 Å². The summed E-state index contributed by atoms with van der Waals surface area (Å²) in [5.74, 6) is 3.15. The van der Waals surface area contributed by atoms with Gasteiger partial charge in [0.15, 0.2) is 17.3 Å². The van der Waals surface area contributed by atoms with Gasteiger partial charge in [0.05, 0.1) is 10.9 Å². The third kappa shape index (κ3) is 2.57. The lowest BCUT2D eigenvalue weighted by Gasteiger charge is -2.18. The molecule has 142 valence electrons. The minimum Gasteiger partial charge on any atom is -0.486 e. The van der Waals surface area contributed by atoms with E-state index in [-0.39, 0.29) is 12.2 Å². The number of aryl methyl sites for hydroxylation is 1. The van der Waals surface area contributed by atoms with Crippen LogP contribution in [-0.4, -0.2) is 32.4 Å². The van der Waals surface area contributed by atoms with Crippen molar-refractivity contribution < 1.29 is 14.2 Å². The zero-order valence-corrected chi connectivity index (χ0v) is 15.3. The fourth-order valence-corrected chi connectivity index (χ4v) is 3.45. The molecule has 0 bridgehead atoms. The van der Waals surface area contributed by atoms with Crippen molar-refractivity contribution in [1.82, 2.24) is 19.2 Å². The number of aromatic nitrogens is 4. The van der Waals surface area contributed by atoms with Gasteiger partial charge in [0, 0.05) is 12.6 Å². The van der Waals surface area contributed by atoms with Gasteiger partial charge in [-0.3, -0.25) is 13.8 Å². The molecule has 0 saturated heterocycles. The lowest BCUT2D eigenvalue weighted by Crippen LogP contribution is -2.22. The van der Waals surface area contributed by atoms with Gasteiger partial charge >= 0.3 is 0 Å². The molecule has 0 aliphatic carbocycles. The molecule has 0 N–H and O–H groups in total. The molecule has 4 aromatic rings. The van der Waals surface area contributed by atoms with Crippen LogP contribution in [0.4, 0.5) is 0 Å². The molecule has 0 radical (unpaired) electrons. The van der Waals surface area contributed by atoms with E-state index in [2.05, 4.69) is 10.2 Å². The molecular weight excluding hydrogens is 360 g/mol. The predicted octanol–water partition coefficient (Wildman–Crippen LogP) is 2.41. The average molecular weight is 378 g/mol.